The maximum absolute atomic E-state index is 11.2. The number of hydrogen-bond acceptors (Lipinski definition) is 7. The molecule has 1 N–H and O–H groups in total. The van der Waals surface area contributed by atoms with Gasteiger partial charge in [0.05, 0.1) is 13.5 Å². The number of esters is 1. The van der Waals surface area contributed by atoms with Crippen molar-refractivity contribution in [3.63, 3.8) is 0 Å². The maximum atomic E-state index is 11.2. The van der Waals surface area contributed by atoms with Crippen molar-refractivity contribution in [2.75, 3.05) is 24.7 Å². The third-order valence-corrected chi connectivity index (χ3v) is 4.53. The largest absolute Gasteiger partial charge is 0.469 e. The van der Waals surface area contributed by atoms with Crippen LogP contribution in [-0.4, -0.2) is 35.3 Å². The van der Waals surface area contributed by atoms with E-state index >= 15 is 0 Å². The molecule has 2 rings (SSSR count). The standard InChI is InChI=1S/C13H17N3O2S2/c1-4-14-13-15-11(19-6-5-10(17)18-3)9-7-8(2)20-12(9)16-13/h7H,4-6H2,1-3H3,(H,14,15,16). The highest BCUT2D eigenvalue weighted by atomic mass is 32.2. The number of ether oxygens (including phenoxy) is 1. The van der Waals surface area contributed by atoms with E-state index in [1.807, 2.05) is 6.92 Å². The normalized spacial score (nSPS) is 10.8. The number of fused-ring (bicyclic) bond motifs is 1. The minimum atomic E-state index is -0.198. The van der Waals surface area contributed by atoms with Gasteiger partial charge in [-0.05, 0) is 19.9 Å². The van der Waals surface area contributed by atoms with Crippen molar-refractivity contribution < 1.29 is 9.53 Å². The van der Waals surface area contributed by atoms with E-state index < -0.39 is 0 Å². The summed E-state index contributed by atoms with van der Waals surface area (Å²) < 4.78 is 4.65. The van der Waals surface area contributed by atoms with Gasteiger partial charge in [0.1, 0.15) is 9.86 Å². The molecule has 2 heterocycles. The molecule has 0 saturated carbocycles. The minimum absolute atomic E-state index is 0.198. The summed E-state index contributed by atoms with van der Waals surface area (Å²) in [5.41, 5.74) is 0. The lowest BCUT2D eigenvalue weighted by atomic mass is 10.4. The molecule has 0 bridgehead atoms. The number of rotatable bonds is 6. The summed E-state index contributed by atoms with van der Waals surface area (Å²) in [7, 11) is 1.40. The molecular weight excluding hydrogens is 294 g/mol. The Morgan fingerprint density at radius 3 is 3.00 bits per heavy atom. The highest BCUT2D eigenvalue weighted by Gasteiger charge is 2.11. The van der Waals surface area contributed by atoms with Crippen molar-refractivity contribution in [1.29, 1.82) is 0 Å². The molecule has 108 valence electrons. The van der Waals surface area contributed by atoms with Crippen LogP contribution in [0.1, 0.15) is 18.2 Å². The van der Waals surface area contributed by atoms with Gasteiger partial charge in [0, 0.05) is 22.6 Å². The molecule has 2 aromatic heterocycles. The summed E-state index contributed by atoms with van der Waals surface area (Å²) >= 11 is 3.22. The molecule has 5 nitrogen and oxygen atoms in total. The number of aryl methyl sites for hydroxylation is 1. The number of anilines is 1. The Morgan fingerprint density at radius 1 is 1.50 bits per heavy atom. The van der Waals surface area contributed by atoms with Crippen LogP contribution in [0.5, 0.6) is 0 Å². The van der Waals surface area contributed by atoms with Crippen molar-refractivity contribution in [2.24, 2.45) is 0 Å². The Hall–Kier alpha value is -1.34. The van der Waals surface area contributed by atoms with Crippen LogP contribution in [-0.2, 0) is 9.53 Å². The highest BCUT2D eigenvalue weighted by Crippen LogP contribution is 2.32. The van der Waals surface area contributed by atoms with Crippen molar-refractivity contribution >= 4 is 45.2 Å². The van der Waals surface area contributed by atoms with Crippen LogP contribution in [0.4, 0.5) is 5.95 Å². The van der Waals surface area contributed by atoms with Crippen molar-refractivity contribution in [3.8, 4) is 0 Å². The SMILES string of the molecule is CCNc1nc(SCCC(=O)OC)c2cc(C)sc2n1. The van der Waals surface area contributed by atoms with Gasteiger partial charge >= 0.3 is 5.97 Å². The van der Waals surface area contributed by atoms with Gasteiger partial charge in [-0.2, -0.15) is 0 Å². The molecule has 0 spiro atoms. The van der Waals surface area contributed by atoms with E-state index in [1.54, 1.807) is 23.1 Å². The highest BCUT2D eigenvalue weighted by molar-refractivity contribution is 7.99. The molecule has 0 unspecified atom stereocenters. The van der Waals surface area contributed by atoms with E-state index in [-0.39, 0.29) is 5.97 Å². The molecule has 2 aromatic rings. The fraction of sp³-hybridized carbons (Fsp3) is 0.462. The zero-order valence-corrected chi connectivity index (χ0v) is 13.4. The lowest BCUT2D eigenvalue weighted by Gasteiger charge is -2.06. The number of thioether (sulfide) groups is 1. The number of carbonyl (C=O) groups excluding carboxylic acids is 1. The number of nitrogens with one attached hydrogen (secondary N) is 1. The monoisotopic (exact) mass is 311 g/mol. The number of carbonyl (C=O) groups is 1. The first-order valence-corrected chi connectivity index (χ1v) is 8.16. The first-order chi connectivity index (χ1) is 9.63. The van der Waals surface area contributed by atoms with Crippen LogP contribution in [0.3, 0.4) is 0 Å². The van der Waals surface area contributed by atoms with E-state index in [9.17, 15) is 4.79 Å². The van der Waals surface area contributed by atoms with E-state index in [0.717, 1.165) is 21.8 Å². The molecule has 0 radical (unpaired) electrons. The van der Waals surface area contributed by atoms with Gasteiger partial charge in [-0.15, -0.1) is 23.1 Å². The van der Waals surface area contributed by atoms with Crippen LogP contribution in [0, 0.1) is 6.92 Å². The second-order valence-corrected chi connectivity index (χ2v) is 6.45. The summed E-state index contributed by atoms with van der Waals surface area (Å²) in [4.78, 5) is 22.4. The number of nitrogens with zero attached hydrogens (tertiary/aromatic N) is 2. The zero-order valence-electron chi connectivity index (χ0n) is 11.7. The molecule has 0 saturated heterocycles. The number of hydrogen-bond donors (Lipinski definition) is 1. The second kappa shape index (κ2) is 6.90. The molecule has 0 amide bonds. The molecule has 7 heteroatoms. The molecule has 0 aliphatic rings. The van der Waals surface area contributed by atoms with Gasteiger partial charge < -0.3 is 10.1 Å². The molecular formula is C13H17N3O2S2. The third-order valence-electron chi connectivity index (χ3n) is 2.59. The van der Waals surface area contributed by atoms with E-state index in [4.69, 9.17) is 0 Å². The van der Waals surface area contributed by atoms with Crippen LogP contribution >= 0.6 is 23.1 Å². The number of methoxy groups -OCH3 is 1. The summed E-state index contributed by atoms with van der Waals surface area (Å²) in [6, 6.07) is 2.09. The zero-order chi connectivity index (χ0) is 14.5. The lowest BCUT2D eigenvalue weighted by Crippen LogP contribution is -2.04. The quantitative estimate of drug-likeness (QED) is 0.502. The lowest BCUT2D eigenvalue weighted by molar-refractivity contribution is -0.140. The predicted molar refractivity (Wildman–Crippen MR) is 83.7 cm³/mol. The summed E-state index contributed by atoms with van der Waals surface area (Å²) in [5.74, 6) is 1.10. The Balaban J connectivity index is 2.22. The van der Waals surface area contributed by atoms with Gasteiger partial charge in [-0.1, -0.05) is 0 Å². The predicted octanol–water partition coefficient (Wildman–Crippen LogP) is 3.09. The topological polar surface area (TPSA) is 64.1 Å². The Kier molecular flexibility index (Phi) is 5.19. The van der Waals surface area contributed by atoms with Crippen molar-refractivity contribution in [2.45, 2.75) is 25.3 Å². The van der Waals surface area contributed by atoms with Gasteiger partial charge in [0.15, 0.2) is 0 Å². The fourth-order valence-corrected chi connectivity index (χ4v) is 3.56. The average molecular weight is 311 g/mol. The van der Waals surface area contributed by atoms with Gasteiger partial charge in [-0.3, -0.25) is 4.79 Å². The van der Waals surface area contributed by atoms with Gasteiger partial charge in [0.2, 0.25) is 5.95 Å². The van der Waals surface area contributed by atoms with Crippen molar-refractivity contribution in [3.05, 3.63) is 10.9 Å². The molecule has 0 atom stereocenters. The molecule has 20 heavy (non-hydrogen) atoms. The van der Waals surface area contributed by atoms with E-state index in [0.29, 0.717) is 18.1 Å². The second-order valence-electron chi connectivity index (χ2n) is 4.13. The van der Waals surface area contributed by atoms with E-state index in [2.05, 4.69) is 33.0 Å². The number of aromatic nitrogens is 2. The fourth-order valence-electron chi connectivity index (χ4n) is 1.70. The first-order valence-electron chi connectivity index (χ1n) is 6.35. The Bertz CT molecular complexity index is 613. The van der Waals surface area contributed by atoms with Crippen LogP contribution in [0.25, 0.3) is 10.2 Å². The summed E-state index contributed by atoms with van der Waals surface area (Å²) in [6.07, 6.45) is 0.381. The summed E-state index contributed by atoms with van der Waals surface area (Å²) in [5, 5.41) is 5.11. The third kappa shape index (κ3) is 3.61. The molecule has 0 fully saturated rings. The molecule has 0 aromatic carbocycles. The van der Waals surface area contributed by atoms with Crippen molar-refractivity contribution in [1.82, 2.24) is 9.97 Å². The first kappa shape index (κ1) is 15.1. The average Bonchev–Trinajstić information content (AvgIpc) is 2.79. The Labute approximate surface area is 126 Å². The molecule has 0 aliphatic heterocycles. The maximum Gasteiger partial charge on any atom is 0.306 e. The smallest absolute Gasteiger partial charge is 0.306 e. The summed E-state index contributed by atoms with van der Waals surface area (Å²) in [6.45, 7) is 4.85. The van der Waals surface area contributed by atoms with Gasteiger partial charge in [0.25, 0.3) is 0 Å². The molecule has 0 aliphatic carbocycles. The van der Waals surface area contributed by atoms with Crippen LogP contribution in [0.2, 0.25) is 0 Å². The van der Waals surface area contributed by atoms with Crippen LogP contribution < -0.4 is 5.32 Å². The van der Waals surface area contributed by atoms with E-state index in [1.165, 1.54) is 12.0 Å². The minimum Gasteiger partial charge on any atom is -0.469 e. The van der Waals surface area contributed by atoms with Crippen LogP contribution in [0.15, 0.2) is 11.1 Å². The Morgan fingerprint density at radius 2 is 2.30 bits per heavy atom. The van der Waals surface area contributed by atoms with Gasteiger partial charge in [-0.25, -0.2) is 9.97 Å². The number of thiophene rings is 1.